The first-order chi connectivity index (χ1) is 11.2. The van der Waals surface area contributed by atoms with Crippen molar-refractivity contribution in [2.24, 2.45) is 11.8 Å². The molecular weight excluding hydrogens is 383 g/mol. The Morgan fingerprint density at radius 2 is 1.12 bits per heavy atom. The van der Waals surface area contributed by atoms with E-state index in [1.54, 1.807) is 6.42 Å². The van der Waals surface area contributed by atoms with Crippen molar-refractivity contribution in [3.8, 4) is 0 Å². The first-order valence-corrected chi connectivity index (χ1v) is 9.57. The summed E-state index contributed by atoms with van der Waals surface area (Å²) in [4.78, 5) is 5.74. The van der Waals surface area contributed by atoms with Gasteiger partial charge in [0, 0.05) is 25.2 Å². The fraction of sp³-hybridized carbons (Fsp3) is 0.882. The second-order valence-electron chi connectivity index (χ2n) is 7.05. The summed E-state index contributed by atoms with van der Waals surface area (Å²) < 4.78 is 0. The van der Waals surface area contributed by atoms with Crippen LogP contribution in [0.25, 0.3) is 10.8 Å². The number of isothiocyanates is 2. The van der Waals surface area contributed by atoms with Crippen molar-refractivity contribution in [2.75, 3.05) is 26.2 Å². The van der Waals surface area contributed by atoms with Crippen LogP contribution in [0.1, 0.15) is 44.9 Å². The van der Waals surface area contributed by atoms with Crippen molar-refractivity contribution >= 4 is 34.8 Å². The molecule has 0 aromatic carbocycles. The summed E-state index contributed by atoms with van der Waals surface area (Å²) in [6.45, 7) is 5.68. The molecule has 4 aliphatic heterocycles. The molecule has 0 aromatic rings. The number of fused-ring (bicyclic) bond motifs is 6. The Morgan fingerprint density at radius 1 is 0.750 bits per heavy atom. The minimum absolute atomic E-state index is 0. The van der Waals surface area contributed by atoms with Gasteiger partial charge in [0.1, 0.15) is 0 Å². The van der Waals surface area contributed by atoms with Crippen LogP contribution in [0.4, 0.5) is 0 Å². The van der Waals surface area contributed by atoms with Gasteiger partial charge in [0.2, 0.25) is 0 Å². The average molecular weight is 409 g/mol. The molecule has 0 aromatic heterocycles. The monoisotopic (exact) mass is 409 g/mol. The molecule has 2 bridgehead atoms. The van der Waals surface area contributed by atoms with E-state index in [2.05, 4.69) is 34.2 Å². The van der Waals surface area contributed by atoms with E-state index in [1.165, 1.54) is 75.0 Å². The smallest absolute Gasteiger partial charge is 0.753 e. The summed E-state index contributed by atoms with van der Waals surface area (Å²) in [7, 11) is 0. The standard InChI is InChI=1S/C15H26N2.2CNS.Co/c1-3-7-16-11-13-9-12(14(16)5-1)10-17-8-4-2-6-15(13)17;2*2-1-3;/h12-15H,1-11H2;;;/q;2*-1;+2/t12-,13-,14-,15+;;;/m0.../s1. The van der Waals surface area contributed by atoms with Gasteiger partial charge in [-0.05, 0) is 57.0 Å². The third-order valence-electron chi connectivity index (χ3n) is 5.96. The fourth-order valence-corrected chi connectivity index (χ4v) is 5.25. The van der Waals surface area contributed by atoms with Gasteiger partial charge < -0.3 is 10.8 Å². The summed E-state index contributed by atoms with van der Waals surface area (Å²) in [6.07, 6.45) is 10.5. The molecule has 0 amide bonds. The number of hydrogen-bond acceptors (Lipinski definition) is 4. The van der Waals surface area contributed by atoms with Gasteiger partial charge in [-0.1, -0.05) is 37.3 Å². The van der Waals surface area contributed by atoms with E-state index in [4.69, 9.17) is 10.8 Å². The largest absolute Gasteiger partial charge is 2.00 e. The quantitative estimate of drug-likeness (QED) is 0.453. The molecule has 1 radical (unpaired) electrons. The second-order valence-corrected chi connectivity index (χ2v) is 7.42. The Hall–Kier alpha value is 0.0265. The summed E-state index contributed by atoms with van der Waals surface area (Å²) in [5.74, 6) is 2.03. The number of nitrogens with zero attached hydrogens (tertiary/aromatic N) is 4. The predicted octanol–water partition coefficient (Wildman–Crippen LogP) is 3.66. The molecule has 4 fully saturated rings. The van der Waals surface area contributed by atoms with Crippen molar-refractivity contribution in [1.82, 2.24) is 9.80 Å². The van der Waals surface area contributed by atoms with E-state index in [0.717, 1.165) is 23.9 Å². The van der Waals surface area contributed by atoms with Gasteiger partial charge in [-0.3, -0.25) is 9.80 Å². The Kier molecular flexibility index (Phi) is 10.7. The molecule has 0 unspecified atom stereocenters. The average Bonchev–Trinajstić information content (AvgIpc) is 2.57. The summed E-state index contributed by atoms with van der Waals surface area (Å²) in [6, 6.07) is 1.92. The van der Waals surface area contributed by atoms with Gasteiger partial charge >= 0.3 is 16.8 Å². The minimum Gasteiger partial charge on any atom is -0.753 e. The van der Waals surface area contributed by atoms with Crippen molar-refractivity contribution in [3.63, 3.8) is 0 Å². The second kappa shape index (κ2) is 11.6. The van der Waals surface area contributed by atoms with Crippen LogP contribution in [0.2, 0.25) is 0 Å². The van der Waals surface area contributed by atoms with Crippen LogP contribution in [0.5, 0.6) is 0 Å². The fourth-order valence-electron chi connectivity index (χ4n) is 5.25. The van der Waals surface area contributed by atoms with E-state index < -0.39 is 0 Å². The van der Waals surface area contributed by atoms with Crippen LogP contribution >= 0.6 is 24.4 Å². The molecule has 4 atom stereocenters. The Bertz CT molecular complexity index is 410. The van der Waals surface area contributed by atoms with Crippen LogP contribution in [0, 0.1) is 11.8 Å². The van der Waals surface area contributed by atoms with Gasteiger partial charge in [0.05, 0.1) is 0 Å². The van der Waals surface area contributed by atoms with Crippen LogP contribution < -0.4 is 0 Å². The first-order valence-electron chi connectivity index (χ1n) is 8.75. The number of hydrogen-bond donors (Lipinski definition) is 0. The minimum atomic E-state index is 0. The summed E-state index contributed by atoms with van der Waals surface area (Å²) >= 11 is 7.40. The van der Waals surface area contributed by atoms with Crippen LogP contribution in [0.15, 0.2) is 0 Å². The number of thiocarbonyl (C=S) groups is 2. The third kappa shape index (κ3) is 5.51. The maximum Gasteiger partial charge on any atom is 2.00 e. The van der Waals surface area contributed by atoms with E-state index in [0.29, 0.717) is 0 Å². The predicted molar refractivity (Wildman–Crippen MR) is 102 cm³/mol. The molecule has 0 saturated carbocycles. The molecule has 0 N–H and O–H groups in total. The molecule has 0 aliphatic carbocycles. The van der Waals surface area contributed by atoms with Crippen LogP contribution in [-0.4, -0.2) is 58.4 Å². The van der Waals surface area contributed by atoms with Gasteiger partial charge in [0.15, 0.2) is 0 Å². The summed E-state index contributed by atoms with van der Waals surface area (Å²) in [5, 5.41) is 16.9. The van der Waals surface area contributed by atoms with Crippen LogP contribution in [0.3, 0.4) is 0 Å². The van der Waals surface area contributed by atoms with Gasteiger partial charge in [-0.2, -0.15) is 10.3 Å². The molecule has 135 valence electrons. The van der Waals surface area contributed by atoms with Crippen molar-refractivity contribution < 1.29 is 16.8 Å². The van der Waals surface area contributed by atoms with E-state index in [1.807, 2.05) is 0 Å². The molecular formula is C17H26CoN4S2. The van der Waals surface area contributed by atoms with E-state index >= 15 is 0 Å². The van der Waals surface area contributed by atoms with Crippen LogP contribution in [-0.2, 0) is 16.8 Å². The molecule has 0 spiro atoms. The normalized spacial score (nSPS) is 34.2. The van der Waals surface area contributed by atoms with Crippen molar-refractivity contribution in [3.05, 3.63) is 10.8 Å². The topological polar surface area (TPSA) is 51.1 Å². The Labute approximate surface area is 166 Å². The molecule has 24 heavy (non-hydrogen) atoms. The molecule has 4 rings (SSSR count). The van der Waals surface area contributed by atoms with Crippen molar-refractivity contribution in [2.45, 2.75) is 57.0 Å². The third-order valence-corrected chi connectivity index (χ3v) is 5.96. The van der Waals surface area contributed by atoms with Gasteiger partial charge in [0.25, 0.3) is 0 Å². The zero-order valence-corrected chi connectivity index (χ0v) is 16.7. The molecule has 4 aliphatic rings. The number of rotatable bonds is 0. The molecule has 7 heteroatoms. The zero-order chi connectivity index (χ0) is 16.7. The molecule has 4 nitrogen and oxygen atoms in total. The number of piperidine rings is 4. The first kappa shape index (κ1) is 22.1. The van der Waals surface area contributed by atoms with Gasteiger partial charge in [-0.15, -0.1) is 0 Å². The Morgan fingerprint density at radius 3 is 1.50 bits per heavy atom. The van der Waals surface area contributed by atoms with E-state index in [-0.39, 0.29) is 16.8 Å². The van der Waals surface area contributed by atoms with E-state index in [9.17, 15) is 0 Å². The maximum atomic E-state index is 7.13. The zero-order valence-electron chi connectivity index (χ0n) is 14.0. The maximum absolute atomic E-state index is 7.13. The van der Waals surface area contributed by atoms with Crippen molar-refractivity contribution in [1.29, 1.82) is 0 Å². The SMILES string of the molecule is C1CCN2C[C@@H]3C[C@@H](CN4CCCC[C@@H]34)[C@H]2C1.[Co+2].[N-]=C=S.[N-]=C=S. The molecule has 4 heterocycles. The summed E-state index contributed by atoms with van der Waals surface area (Å²) in [5.41, 5.74) is 0. The molecule has 4 saturated heterocycles. The Balaban J connectivity index is 0.000000366. The van der Waals surface area contributed by atoms with Gasteiger partial charge in [-0.25, -0.2) is 0 Å².